The van der Waals surface area contributed by atoms with Crippen molar-refractivity contribution >= 4 is 32.6 Å². The molecule has 0 amide bonds. The second kappa shape index (κ2) is 4.36. The largest absolute Gasteiger partial charge is 0.476 e. The van der Waals surface area contributed by atoms with Gasteiger partial charge in [0.25, 0.3) is 0 Å². The van der Waals surface area contributed by atoms with Crippen LogP contribution < -0.4 is 0 Å². The molecule has 1 aliphatic heterocycles. The summed E-state index contributed by atoms with van der Waals surface area (Å²) < 4.78 is 22.8. The number of thioether (sulfide) groups is 1. The third-order valence-corrected chi connectivity index (χ3v) is 4.32. The van der Waals surface area contributed by atoms with Crippen LogP contribution in [0.1, 0.15) is 13.8 Å². The average Bonchev–Trinajstić information content (AvgIpc) is 2.37. The Bertz CT molecular complexity index is 434. The molecule has 0 aliphatic carbocycles. The van der Waals surface area contributed by atoms with Crippen LogP contribution in [0.4, 0.5) is 0 Å². The van der Waals surface area contributed by atoms with Gasteiger partial charge in [0.05, 0.1) is 5.41 Å². The summed E-state index contributed by atoms with van der Waals surface area (Å²) in [4.78, 5) is 14.1. The zero-order chi connectivity index (χ0) is 11.6. The molecule has 0 atom stereocenters. The molecule has 0 unspecified atom stereocenters. The molecule has 7 heteroatoms. The van der Waals surface area contributed by atoms with Crippen molar-refractivity contribution in [2.45, 2.75) is 19.1 Å². The molecule has 0 aromatic heterocycles. The third-order valence-electron chi connectivity index (χ3n) is 1.60. The summed E-state index contributed by atoms with van der Waals surface area (Å²) in [7, 11) is -3.59. The second-order valence-corrected chi connectivity index (χ2v) is 6.58. The van der Waals surface area contributed by atoms with E-state index in [4.69, 9.17) is 5.11 Å². The van der Waals surface area contributed by atoms with Gasteiger partial charge in [-0.2, -0.15) is 11.8 Å². The van der Waals surface area contributed by atoms with Crippen LogP contribution in [0.2, 0.25) is 0 Å². The van der Waals surface area contributed by atoms with E-state index in [9.17, 15) is 13.2 Å². The lowest BCUT2D eigenvalue weighted by molar-refractivity contribution is -0.132. The molecule has 1 rings (SSSR count). The summed E-state index contributed by atoms with van der Waals surface area (Å²) in [5.41, 5.74) is -0.408. The molecule has 5 nitrogen and oxygen atoms in total. The predicted octanol–water partition coefficient (Wildman–Crippen LogP) is 0.881. The highest BCUT2D eigenvalue weighted by molar-refractivity contribution is 8.12. The van der Waals surface area contributed by atoms with Crippen LogP contribution in [-0.4, -0.2) is 35.5 Å². The van der Waals surface area contributed by atoms with Gasteiger partial charge in [0.1, 0.15) is 5.04 Å². The molecule has 0 spiro atoms. The van der Waals surface area contributed by atoms with Gasteiger partial charge in [-0.25, -0.2) is 18.2 Å². The fourth-order valence-corrected chi connectivity index (χ4v) is 3.10. The Hall–Kier alpha value is -0.820. The number of sulfone groups is 1. The molecule has 1 N–H and O–H groups in total. The number of carboxylic acid groups (broad SMARTS) is 1. The van der Waals surface area contributed by atoms with Crippen LogP contribution in [0.25, 0.3) is 0 Å². The van der Waals surface area contributed by atoms with Gasteiger partial charge in [-0.15, -0.1) is 0 Å². The highest BCUT2D eigenvalue weighted by Gasteiger charge is 2.27. The standard InChI is InChI=1S/C8H11NO4S2/c1-5(2)14-3-7-9-6(8(10)11)4-15(7,12)13/h4-5H,3H2,1-2H3,(H,10,11). The number of rotatable bonds is 4. The minimum Gasteiger partial charge on any atom is -0.476 e. The van der Waals surface area contributed by atoms with Gasteiger partial charge in [0, 0.05) is 5.75 Å². The van der Waals surface area contributed by atoms with Crippen LogP contribution >= 0.6 is 11.8 Å². The lowest BCUT2D eigenvalue weighted by Gasteiger charge is -2.03. The van der Waals surface area contributed by atoms with Crippen molar-refractivity contribution < 1.29 is 18.3 Å². The molecule has 84 valence electrons. The molecule has 0 fully saturated rings. The van der Waals surface area contributed by atoms with Gasteiger partial charge in [-0.3, -0.25) is 0 Å². The smallest absolute Gasteiger partial charge is 0.355 e. The fraction of sp³-hybridized carbons (Fsp3) is 0.500. The van der Waals surface area contributed by atoms with E-state index in [2.05, 4.69) is 4.99 Å². The average molecular weight is 249 g/mol. The number of nitrogens with zero attached hydrogens (tertiary/aromatic N) is 1. The highest BCUT2D eigenvalue weighted by atomic mass is 32.2. The van der Waals surface area contributed by atoms with Crippen LogP contribution in [0.15, 0.2) is 16.1 Å². The minimum atomic E-state index is -3.59. The van der Waals surface area contributed by atoms with E-state index in [0.717, 1.165) is 0 Å². The molecule has 0 aromatic rings. The van der Waals surface area contributed by atoms with Crippen molar-refractivity contribution in [2.24, 2.45) is 4.99 Å². The molecule has 15 heavy (non-hydrogen) atoms. The lowest BCUT2D eigenvalue weighted by atomic mass is 10.5. The predicted molar refractivity (Wildman–Crippen MR) is 59.7 cm³/mol. The minimum absolute atomic E-state index is 0.0707. The summed E-state index contributed by atoms with van der Waals surface area (Å²) in [5.74, 6) is -1.10. The van der Waals surface area contributed by atoms with Gasteiger partial charge in [0.15, 0.2) is 5.70 Å². The van der Waals surface area contributed by atoms with E-state index in [1.165, 1.54) is 11.8 Å². The van der Waals surface area contributed by atoms with E-state index in [0.29, 0.717) is 5.41 Å². The van der Waals surface area contributed by atoms with Crippen LogP contribution in [0.3, 0.4) is 0 Å². The van der Waals surface area contributed by atoms with Crippen LogP contribution in [-0.2, 0) is 14.6 Å². The van der Waals surface area contributed by atoms with Gasteiger partial charge < -0.3 is 5.11 Å². The van der Waals surface area contributed by atoms with Gasteiger partial charge in [-0.05, 0) is 5.25 Å². The summed E-state index contributed by atoms with van der Waals surface area (Å²) in [6.45, 7) is 3.86. The normalized spacial score (nSPS) is 18.9. The van der Waals surface area contributed by atoms with Crippen LogP contribution in [0, 0.1) is 0 Å². The van der Waals surface area contributed by atoms with Gasteiger partial charge in [0.2, 0.25) is 9.84 Å². The second-order valence-electron chi connectivity index (χ2n) is 3.22. The molecular weight excluding hydrogens is 238 g/mol. The molecule has 0 radical (unpaired) electrons. The number of carbonyl (C=O) groups is 1. The molecule has 0 bridgehead atoms. The Labute approximate surface area is 92.2 Å². The number of aliphatic carboxylic acids is 1. The first-order valence-corrected chi connectivity index (χ1v) is 6.81. The maximum atomic E-state index is 11.4. The number of carboxylic acids is 1. The molecule has 1 heterocycles. The van der Waals surface area contributed by atoms with Crippen molar-refractivity contribution in [3.05, 3.63) is 11.1 Å². The SMILES string of the molecule is CC(C)SCC1=NC(C(=O)O)=CS1(=O)=O. The number of aliphatic imine (C=N–C) groups is 1. The summed E-state index contributed by atoms with van der Waals surface area (Å²) in [6, 6.07) is 0. The lowest BCUT2D eigenvalue weighted by Crippen LogP contribution is -2.12. The number of hydrogen-bond acceptors (Lipinski definition) is 5. The molecule has 0 saturated heterocycles. The Balaban J connectivity index is 2.85. The van der Waals surface area contributed by atoms with Gasteiger partial charge in [-0.1, -0.05) is 13.8 Å². The van der Waals surface area contributed by atoms with Gasteiger partial charge >= 0.3 is 5.97 Å². The monoisotopic (exact) mass is 249 g/mol. The summed E-state index contributed by atoms with van der Waals surface area (Å²) in [5, 5.41) is 9.50. The van der Waals surface area contributed by atoms with Crippen molar-refractivity contribution in [3.63, 3.8) is 0 Å². The van der Waals surface area contributed by atoms with E-state index < -0.39 is 21.5 Å². The first kappa shape index (κ1) is 12.3. The van der Waals surface area contributed by atoms with Crippen LogP contribution in [0.5, 0.6) is 0 Å². The Kier molecular flexibility index (Phi) is 3.56. The summed E-state index contributed by atoms with van der Waals surface area (Å²) in [6.07, 6.45) is 0. The Morgan fingerprint density at radius 3 is 2.60 bits per heavy atom. The zero-order valence-corrected chi connectivity index (χ0v) is 9.93. The first-order valence-electron chi connectivity index (χ1n) is 4.22. The maximum absolute atomic E-state index is 11.4. The molecule has 0 aromatic carbocycles. The topological polar surface area (TPSA) is 83.8 Å². The van der Waals surface area contributed by atoms with Crippen molar-refractivity contribution in [1.82, 2.24) is 0 Å². The fourth-order valence-electron chi connectivity index (χ4n) is 0.890. The van der Waals surface area contributed by atoms with E-state index in [1.54, 1.807) is 0 Å². The molecule has 0 saturated carbocycles. The first-order chi connectivity index (χ1) is 6.83. The van der Waals surface area contributed by atoms with E-state index in [1.807, 2.05) is 13.8 Å². The third kappa shape index (κ3) is 3.07. The van der Waals surface area contributed by atoms with Crippen molar-refractivity contribution in [2.75, 3.05) is 5.75 Å². The summed E-state index contributed by atoms with van der Waals surface area (Å²) >= 11 is 1.41. The zero-order valence-electron chi connectivity index (χ0n) is 8.30. The van der Waals surface area contributed by atoms with E-state index in [-0.39, 0.29) is 16.0 Å². The Morgan fingerprint density at radius 2 is 2.20 bits per heavy atom. The molecular formula is C8H11NO4S2. The number of hydrogen-bond donors (Lipinski definition) is 1. The Morgan fingerprint density at radius 1 is 1.60 bits per heavy atom. The van der Waals surface area contributed by atoms with E-state index >= 15 is 0 Å². The molecule has 1 aliphatic rings. The maximum Gasteiger partial charge on any atom is 0.355 e. The quantitative estimate of drug-likeness (QED) is 0.799. The van der Waals surface area contributed by atoms with Crippen molar-refractivity contribution in [3.8, 4) is 0 Å². The highest BCUT2D eigenvalue weighted by Crippen LogP contribution is 2.19. The van der Waals surface area contributed by atoms with Crippen molar-refractivity contribution in [1.29, 1.82) is 0 Å².